The zero-order valence-electron chi connectivity index (χ0n) is 10.9. The normalized spacial score (nSPS) is 30.2. The molecule has 0 bridgehead atoms. The first-order chi connectivity index (χ1) is 7.67. The second-order valence-corrected chi connectivity index (χ2v) is 6.34. The van der Waals surface area contributed by atoms with Gasteiger partial charge in [0.2, 0.25) is 0 Å². The van der Waals surface area contributed by atoms with Crippen LogP contribution in [-0.2, 0) is 4.74 Å². The second kappa shape index (κ2) is 5.12. The summed E-state index contributed by atoms with van der Waals surface area (Å²) < 4.78 is 19.5. The lowest BCUT2D eigenvalue weighted by atomic mass is 9.93. The van der Waals surface area contributed by atoms with Gasteiger partial charge in [-0.3, -0.25) is 0 Å². The fourth-order valence-electron chi connectivity index (χ4n) is 1.84. The van der Waals surface area contributed by atoms with Crippen LogP contribution in [0.2, 0.25) is 0 Å². The molecule has 0 aromatic carbocycles. The molecule has 2 atom stereocenters. The van der Waals surface area contributed by atoms with Gasteiger partial charge >= 0.3 is 6.09 Å². The molecule has 0 saturated carbocycles. The van der Waals surface area contributed by atoms with Gasteiger partial charge in [0.15, 0.2) is 0 Å². The smallest absolute Gasteiger partial charge is 0.410 e. The average Bonchev–Trinajstić information content (AvgIpc) is 2.19. The van der Waals surface area contributed by atoms with E-state index in [-0.39, 0.29) is 17.9 Å². The van der Waals surface area contributed by atoms with Crippen LogP contribution in [-0.4, -0.2) is 40.2 Å². The Hall–Kier alpha value is -0.320. The number of ether oxygens (including phenoxy) is 1. The molecule has 3 nitrogen and oxygen atoms in total. The highest BCUT2D eigenvalue weighted by molar-refractivity contribution is 9.09. The minimum Gasteiger partial charge on any atom is -0.444 e. The monoisotopic (exact) mass is 309 g/mol. The highest BCUT2D eigenvalue weighted by Gasteiger charge is 2.41. The highest BCUT2D eigenvalue weighted by Crippen LogP contribution is 2.31. The number of halogens is 2. The van der Waals surface area contributed by atoms with Crippen LogP contribution in [0.5, 0.6) is 0 Å². The van der Waals surface area contributed by atoms with Crippen molar-refractivity contribution in [1.29, 1.82) is 0 Å². The molecule has 5 heteroatoms. The lowest BCUT2D eigenvalue weighted by Gasteiger charge is -2.41. The topological polar surface area (TPSA) is 29.5 Å². The van der Waals surface area contributed by atoms with Crippen LogP contribution in [0.1, 0.15) is 40.5 Å². The van der Waals surface area contributed by atoms with Gasteiger partial charge in [-0.15, -0.1) is 0 Å². The zero-order chi connectivity index (χ0) is 13.3. The Bertz CT molecular complexity index is 293. The third kappa shape index (κ3) is 4.12. The summed E-state index contributed by atoms with van der Waals surface area (Å²) in [4.78, 5) is 13.4. The van der Waals surface area contributed by atoms with E-state index in [0.717, 1.165) is 0 Å². The van der Waals surface area contributed by atoms with E-state index < -0.39 is 17.4 Å². The molecule has 0 radical (unpaired) electrons. The summed E-state index contributed by atoms with van der Waals surface area (Å²) in [6.07, 6.45) is 0.729. The zero-order valence-corrected chi connectivity index (χ0v) is 12.5. The Morgan fingerprint density at radius 1 is 1.59 bits per heavy atom. The van der Waals surface area contributed by atoms with E-state index in [1.165, 1.54) is 4.90 Å². The van der Waals surface area contributed by atoms with Crippen LogP contribution >= 0.6 is 15.9 Å². The van der Waals surface area contributed by atoms with Crippen molar-refractivity contribution in [3.8, 4) is 0 Å². The van der Waals surface area contributed by atoms with E-state index >= 15 is 0 Å². The molecule has 1 fully saturated rings. The Kier molecular flexibility index (Phi) is 4.44. The van der Waals surface area contributed by atoms with Gasteiger partial charge in [0.05, 0.1) is 6.54 Å². The maximum absolute atomic E-state index is 14.2. The van der Waals surface area contributed by atoms with E-state index in [1.54, 1.807) is 0 Å². The van der Waals surface area contributed by atoms with Crippen molar-refractivity contribution in [3.05, 3.63) is 0 Å². The third-order valence-electron chi connectivity index (χ3n) is 2.86. The summed E-state index contributed by atoms with van der Waals surface area (Å²) >= 11 is 3.17. The number of hydrogen-bond donors (Lipinski definition) is 0. The molecular weight excluding hydrogens is 289 g/mol. The number of amides is 1. The summed E-state index contributed by atoms with van der Waals surface area (Å²) in [7, 11) is 0. The van der Waals surface area contributed by atoms with Gasteiger partial charge in [-0.1, -0.05) is 15.9 Å². The predicted molar refractivity (Wildman–Crippen MR) is 69.3 cm³/mol. The van der Waals surface area contributed by atoms with Crippen molar-refractivity contribution in [2.24, 2.45) is 0 Å². The molecule has 1 rings (SSSR count). The SMILES string of the molecule is CC1CCC(F)(CBr)CN1C(=O)OC(C)(C)C. The van der Waals surface area contributed by atoms with Crippen LogP contribution in [0.25, 0.3) is 0 Å². The molecule has 0 aliphatic carbocycles. The Labute approximate surface area is 111 Å². The van der Waals surface area contributed by atoms with Gasteiger partial charge < -0.3 is 9.64 Å². The van der Waals surface area contributed by atoms with E-state index in [1.807, 2.05) is 27.7 Å². The van der Waals surface area contributed by atoms with Crippen molar-refractivity contribution in [3.63, 3.8) is 0 Å². The quantitative estimate of drug-likeness (QED) is 0.694. The number of hydrogen-bond acceptors (Lipinski definition) is 2. The summed E-state index contributed by atoms with van der Waals surface area (Å²) in [5, 5.41) is 0.256. The van der Waals surface area contributed by atoms with E-state index in [2.05, 4.69) is 15.9 Å². The minimum absolute atomic E-state index is 0.0350. The number of alkyl halides is 2. The van der Waals surface area contributed by atoms with Gasteiger partial charge in [-0.25, -0.2) is 9.18 Å². The maximum Gasteiger partial charge on any atom is 0.410 e. The van der Waals surface area contributed by atoms with Gasteiger partial charge in [0, 0.05) is 11.4 Å². The fraction of sp³-hybridized carbons (Fsp3) is 0.917. The molecule has 1 aliphatic heterocycles. The van der Waals surface area contributed by atoms with Gasteiger partial charge in [0.25, 0.3) is 0 Å². The van der Waals surface area contributed by atoms with Crippen molar-refractivity contribution in [2.75, 3.05) is 11.9 Å². The fourth-order valence-corrected chi connectivity index (χ4v) is 2.30. The lowest BCUT2D eigenvalue weighted by Crippen LogP contribution is -2.53. The molecule has 1 aliphatic rings. The molecule has 17 heavy (non-hydrogen) atoms. The molecule has 1 amide bonds. The van der Waals surface area contributed by atoms with Gasteiger partial charge in [0.1, 0.15) is 11.3 Å². The number of rotatable bonds is 1. The number of carbonyl (C=O) groups excluding carboxylic acids is 1. The Morgan fingerprint density at radius 2 is 2.18 bits per heavy atom. The summed E-state index contributed by atoms with van der Waals surface area (Å²) in [5.74, 6) is 0. The Morgan fingerprint density at radius 3 is 2.65 bits per heavy atom. The summed E-state index contributed by atoms with van der Waals surface area (Å²) in [6.45, 7) is 7.47. The molecule has 1 saturated heterocycles. The van der Waals surface area contributed by atoms with Crippen LogP contribution in [0, 0.1) is 0 Å². The van der Waals surface area contributed by atoms with Crippen LogP contribution in [0.3, 0.4) is 0 Å². The number of carbonyl (C=O) groups is 1. The standard InChI is InChI=1S/C12H21BrFNO2/c1-9-5-6-12(14,7-13)8-15(9)10(16)17-11(2,3)4/h9H,5-8H2,1-4H3. The minimum atomic E-state index is -1.33. The molecule has 0 aromatic heterocycles. The lowest BCUT2D eigenvalue weighted by molar-refractivity contribution is -0.0144. The second-order valence-electron chi connectivity index (χ2n) is 5.78. The largest absolute Gasteiger partial charge is 0.444 e. The van der Waals surface area contributed by atoms with Crippen LogP contribution < -0.4 is 0 Å². The molecule has 0 spiro atoms. The first-order valence-corrected chi connectivity index (χ1v) is 7.03. The average molecular weight is 310 g/mol. The first kappa shape index (κ1) is 14.7. The predicted octanol–water partition coefficient (Wildman–Crippen LogP) is 3.51. The van der Waals surface area contributed by atoms with Crippen molar-refractivity contribution in [1.82, 2.24) is 4.90 Å². The van der Waals surface area contributed by atoms with Gasteiger partial charge in [-0.2, -0.15) is 0 Å². The molecule has 2 unspecified atom stereocenters. The highest BCUT2D eigenvalue weighted by atomic mass is 79.9. The van der Waals surface area contributed by atoms with Crippen molar-refractivity contribution < 1.29 is 13.9 Å². The summed E-state index contributed by atoms with van der Waals surface area (Å²) in [5.41, 5.74) is -1.87. The van der Waals surface area contributed by atoms with Crippen LogP contribution in [0.15, 0.2) is 0 Å². The molecule has 0 aromatic rings. The molecular formula is C12H21BrFNO2. The van der Waals surface area contributed by atoms with Crippen molar-refractivity contribution in [2.45, 2.75) is 57.8 Å². The van der Waals surface area contributed by atoms with E-state index in [0.29, 0.717) is 12.8 Å². The molecule has 100 valence electrons. The number of piperidine rings is 1. The summed E-state index contributed by atoms with van der Waals surface area (Å²) in [6, 6.07) is 0.0350. The molecule has 1 heterocycles. The Balaban J connectivity index is 2.70. The first-order valence-electron chi connectivity index (χ1n) is 5.91. The molecule has 0 N–H and O–H groups in total. The van der Waals surface area contributed by atoms with Crippen molar-refractivity contribution >= 4 is 22.0 Å². The van der Waals surface area contributed by atoms with Gasteiger partial charge in [-0.05, 0) is 40.5 Å². The number of likely N-dealkylation sites (tertiary alicyclic amines) is 1. The maximum atomic E-state index is 14.2. The van der Waals surface area contributed by atoms with E-state index in [4.69, 9.17) is 4.74 Å². The third-order valence-corrected chi connectivity index (χ3v) is 3.87. The van der Waals surface area contributed by atoms with Crippen LogP contribution in [0.4, 0.5) is 9.18 Å². The van der Waals surface area contributed by atoms with E-state index in [9.17, 15) is 9.18 Å². The number of nitrogens with zero attached hydrogens (tertiary/aromatic N) is 1.